The van der Waals surface area contributed by atoms with Crippen molar-refractivity contribution in [3.05, 3.63) is 70.8 Å². The van der Waals surface area contributed by atoms with Gasteiger partial charge in [-0.1, -0.05) is 6.07 Å². The zero-order valence-electron chi connectivity index (χ0n) is 18.0. The lowest BCUT2D eigenvalue weighted by atomic mass is 9.94. The van der Waals surface area contributed by atoms with E-state index in [1.165, 1.54) is 19.3 Å². The van der Waals surface area contributed by atoms with Gasteiger partial charge in [0.25, 0.3) is 11.5 Å². The first kappa shape index (κ1) is 19.2. The van der Waals surface area contributed by atoms with Crippen molar-refractivity contribution in [3.8, 4) is 11.3 Å². The summed E-state index contributed by atoms with van der Waals surface area (Å²) in [4.78, 5) is 36.9. The van der Waals surface area contributed by atoms with E-state index in [-0.39, 0.29) is 11.5 Å². The Kier molecular flexibility index (Phi) is 4.18. The molecule has 1 aliphatic heterocycles. The van der Waals surface area contributed by atoms with Crippen molar-refractivity contribution >= 4 is 27.7 Å². The quantitative estimate of drug-likeness (QED) is 0.484. The van der Waals surface area contributed by atoms with Crippen LogP contribution in [-0.4, -0.2) is 38.4 Å². The highest BCUT2D eigenvalue weighted by molar-refractivity contribution is 5.97. The fourth-order valence-corrected chi connectivity index (χ4v) is 4.94. The number of hydrogen-bond acceptors (Lipinski definition) is 4. The zero-order valence-corrected chi connectivity index (χ0v) is 18.0. The van der Waals surface area contributed by atoms with E-state index in [1.807, 2.05) is 47.4 Å². The van der Waals surface area contributed by atoms with E-state index in [0.717, 1.165) is 41.7 Å². The predicted molar refractivity (Wildman–Crippen MR) is 125 cm³/mol. The van der Waals surface area contributed by atoms with E-state index in [1.54, 1.807) is 24.0 Å². The first-order valence-electron chi connectivity index (χ1n) is 11.2. The second-order valence-corrected chi connectivity index (χ2v) is 9.32. The molecule has 2 aromatic carbocycles. The summed E-state index contributed by atoms with van der Waals surface area (Å²) in [5.74, 6) is 0.0895. The van der Waals surface area contributed by atoms with Gasteiger partial charge < -0.3 is 9.47 Å². The summed E-state index contributed by atoms with van der Waals surface area (Å²) in [6, 6.07) is 13.2. The van der Waals surface area contributed by atoms with Gasteiger partial charge >= 0.3 is 0 Å². The molecule has 1 aliphatic carbocycles. The Morgan fingerprint density at radius 3 is 2.75 bits per heavy atom. The fourth-order valence-electron chi connectivity index (χ4n) is 4.94. The fraction of sp³-hybridized carbons (Fsp3) is 0.308. The number of rotatable bonds is 2. The van der Waals surface area contributed by atoms with Gasteiger partial charge in [-0.25, -0.2) is 4.98 Å². The van der Waals surface area contributed by atoms with Crippen LogP contribution in [-0.2, 0) is 7.05 Å². The molecular weight excluding hydrogens is 400 g/mol. The minimum Gasteiger partial charge on any atom is -0.338 e. The molecule has 1 saturated carbocycles. The number of amides is 1. The first-order chi connectivity index (χ1) is 15.5. The number of carbonyl (C=O) groups is 1. The van der Waals surface area contributed by atoms with E-state index >= 15 is 0 Å². The topological polar surface area (TPSA) is 68.1 Å². The molecule has 2 fully saturated rings. The molecule has 32 heavy (non-hydrogen) atoms. The number of nitrogens with zero attached hydrogens (tertiary/aromatic N) is 4. The normalized spacial score (nSPS) is 17.2. The van der Waals surface area contributed by atoms with Crippen LogP contribution in [0.2, 0.25) is 0 Å². The van der Waals surface area contributed by atoms with Crippen molar-refractivity contribution in [2.45, 2.75) is 25.7 Å². The van der Waals surface area contributed by atoms with E-state index < -0.39 is 0 Å². The summed E-state index contributed by atoms with van der Waals surface area (Å²) in [5.41, 5.74) is 4.13. The standard InChI is InChI=1S/C26H24N4O2/c1-29-12-7-17-13-18(3-5-20(17)25(29)32)23-15-27-21-6-4-19(14-22(21)28-23)24(31)30-11-2-8-26(16-30)9-10-26/h3-7,12-15H,2,8-11,16H2,1H3. The molecule has 0 N–H and O–H groups in total. The van der Waals surface area contributed by atoms with Crippen molar-refractivity contribution in [1.82, 2.24) is 19.4 Å². The van der Waals surface area contributed by atoms with Crippen LogP contribution in [0, 0.1) is 5.41 Å². The Balaban J connectivity index is 1.35. The third kappa shape index (κ3) is 3.18. The molecule has 2 aromatic heterocycles. The van der Waals surface area contributed by atoms with Gasteiger partial charge in [0.1, 0.15) is 0 Å². The number of hydrogen-bond donors (Lipinski definition) is 0. The molecule has 160 valence electrons. The van der Waals surface area contributed by atoms with Crippen LogP contribution in [0.4, 0.5) is 0 Å². The zero-order chi connectivity index (χ0) is 21.9. The molecule has 1 amide bonds. The van der Waals surface area contributed by atoms with Crippen LogP contribution in [0.1, 0.15) is 36.0 Å². The SMILES string of the molecule is Cn1ccc2cc(-c3cnc4ccc(C(=O)N5CCCC6(CC6)C5)cc4n3)ccc2c1=O. The van der Waals surface area contributed by atoms with Crippen LogP contribution in [0.15, 0.2) is 59.7 Å². The summed E-state index contributed by atoms with van der Waals surface area (Å²) in [5, 5.41) is 1.55. The summed E-state index contributed by atoms with van der Waals surface area (Å²) in [7, 11) is 1.75. The number of aryl methyl sites for hydroxylation is 1. The lowest BCUT2D eigenvalue weighted by Crippen LogP contribution is -2.40. The summed E-state index contributed by atoms with van der Waals surface area (Å²) in [6.07, 6.45) is 8.36. The molecule has 3 heterocycles. The number of benzene rings is 2. The lowest BCUT2D eigenvalue weighted by molar-refractivity contribution is 0.0655. The molecular formula is C26H24N4O2. The number of aromatic nitrogens is 3. The summed E-state index contributed by atoms with van der Waals surface area (Å²) < 4.78 is 1.57. The van der Waals surface area contributed by atoms with Crippen LogP contribution in [0.25, 0.3) is 33.1 Å². The van der Waals surface area contributed by atoms with Gasteiger partial charge in [0.15, 0.2) is 0 Å². The van der Waals surface area contributed by atoms with E-state index in [4.69, 9.17) is 4.98 Å². The van der Waals surface area contributed by atoms with Crippen LogP contribution < -0.4 is 5.56 Å². The molecule has 6 rings (SSSR count). The van der Waals surface area contributed by atoms with E-state index in [2.05, 4.69) is 4.98 Å². The Morgan fingerprint density at radius 1 is 1.03 bits per heavy atom. The smallest absolute Gasteiger partial charge is 0.258 e. The van der Waals surface area contributed by atoms with Crippen molar-refractivity contribution < 1.29 is 4.79 Å². The number of piperidine rings is 1. The van der Waals surface area contributed by atoms with Gasteiger partial charge in [-0.2, -0.15) is 0 Å². The van der Waals surface area contributed by atoms with Gasteiger partial charge in [-0.05, 0) is 72.9 Å². The van der Waals surface area contributed by atoms with E-state index in [9.17, 15) is 9.59 Å². The molecule has 0 bridgehead atoms. The predicted octanol–water partition coefficient (Wildman–Crippen LogP) is 4.16. The maximum atomic E-state index is 13.2. The van der Waals surface area contributed by atoms with Crippen LogP contribution in [0.3, 0.4) is 0 Å². The highest BCUT2D eigenvalue weighted by Gasteiger charge is 2.46. The van der Waals surface area contributed by atoms with Crippen molar-refractivity contribution in [2.75, 3.05) is 13.1 Å². The summed E-state index contributed by atoms with van der Waals surface area (Å²) in [6.45, 7) is 1.72. The Hall–Kier alpha value is -3.54. The number of pyridine rings is 1. The molecule has 4 aromatic rings. The van der Waals surface area contributed by atoms with E-state index in [0.29, 0.717) is 21.9 Å². The average molecular weight is 425 g/mol. The highest BCUT2D eigenvalue weighted by Crippen LogP contribution is 2.52. The third-order valence-electron chi connectivity index (χ3n) is 7.07. The van der Waals surface area contributed by atoms with Crippen molar-refractivity contribution in [1.29, 1.82) is 0 Å². The Morgan fingerprint density at radius 2 is 1.91 bits per heavy atom. The maximum absolute atomic E-state index is 13.2. The number of likely N-dealkylation sites (tertiary alicyclic amines) is 1. The largest absolute Gasteiger partial charge is 0.338 e. The minimum atomic E-state index is -0.0208. The van der Waals surface area contributed by atoms with Gasteiger partial charge in [0.2, 0.25) is 0 Å². The summed E-state index contributed by atoms with van der Waals surface area (Å²) >= 11 is 0. The third-order valence-corrected chi connectivity index (χ3v) is 7.07. The molecule has 1 saturated heterocycles. The molecule has 0 unspecified atom stereocenters. The van der Waals surface area contributed by atoms with Crippen LogP contribution in [0.5, 0.6) is 0 Å². The highest BCUT2D eigenvalue weighted by atomic mass is 16.2. The molecule has 6 heteroatoms. The molecule has 0 radical (unpaired) electrons. The lowest BCUT2D eigenvalue weighted by Gasteiger charge is -2.33. The first-order valence-corrected chi connectivity index (χ1v) is 11.2. The number of carbonyl (C=O) groups excluding carboxylic acids is 1. The van der Waals surface area contributed by atoms with Gasteiger partial charge in [-0.15, -0.1) is 0 Å². The Bertz CT molecular complexity index is 1450. The maximum Gasteiger partial charge on any atom is 0.258 e. The molecule has 2 aliphatic rings. The Labute approximate surface area is 185 Å². The monoisotopic (exact) mass is 424 g/mol. The molecule has 0 atom stereocenters. The van der Waals surface area contributed by atoms with Gasteiger partial charge in [0, 0.05) is 42.8 Å². The number of fused-ring (bicyclic) bond motifs is 2. The van der Waals surface area contributed by atoms with Crippen molar-refractivity contribution in [3.63, 3.8) is 0 Å². The average Bonchev–Trinajstić information content (AvgIpc) is 3.58. The second kappa shape index (κ2) is 6.99. The van der Waals surface area contributed by atoms with Crippen LogP contribution >= 0.6 is 0 Å². The second-order valence-electron chi connectivity index (χ2n) is 9.32. The van der Waals surface area contributed by atoms with Gasteiger partial charge in [-0.3, -0.25) is 14.6 Å². The molecule has 1 spiro atoms. The minimum absolute atomic E-state index is 0.0208. The van der Waals surface area contributed by atoms with Gasteiger partial charge in [0.05, 0.1) is 22.9 Å². The molecule has 6 nitrogen and oxygen atoms in total. The van der Waals surface area contributed by atoms with Crippen molar-refractivity contribution in [2.24, 2.45) is 12.5 Å².